The molecule has 0 aliphatic carbocycles. The number of carbonyl (C=O) groups excluding carboxylic acids is 1. The highest BCUT2D eigenvalue weighted by Gasteiger charge is 2.41. The molecule has 1 aromatic heterocycles. The van der Waals surface area contributed by atoms with Crippen LogP contribution in [0.2, 0.25) is 0 Å². The van der Waals surface area contributed by atoms with Gasteiger partial charge in [-0.3, -0.25) is 9.78 Å². The molecular formula is C25H28N4O. The van der Waals surface area contributed by atoms with Gasteiger partial charge in [0.1, 0.15) is 0 Å². The number of aromatic nitrogens is 1. The Bertz CT molecular complexity index is 1020. The van der Waals surface area contributed by atoms with Crippen LogP contribution in [0.1, 0.15) is 28.4 Å². The van der Waals surface area contributed by atoms with E-state index in [0.29, 0.717) is 11.8 Å². The highest BCUT2D eigenvalue weighted by Crippen LogP contribution is 2.33. The third kappa shape index (κ3) is 3.71. The molecule has 30 heavy (non-hydrogen) atoms. The van der Waals surface area contributed by atoms with Crippen molar-refractivity contribution in [3.8, 4) is 0 Å². The Kier molecular flexibility index (Phi) is 5.23. The fourth-order valence-corrected chi connectivity index (χ4v) is 5.08. The zero-order valence-corrected chi connectivity index (χ0v) is 17.2. The van der Waals surface area contributed by atoms with Crippen molar-refractivity contribution >= 4 is 16.8 Å². The van der Waals surface area contributed by atoms with Gasteiger partial charge in [0.25, 0.3) is 5.91 Å². The second-order valence-electron chi connectivity index (χ2n) is 8.67. The third-order valence-electron chi connectivity index (χ3n) is 6.71. The summed E-state index contributed by atoms with van der Waals surface area (Å²) < 4.78 is 0. The largest absolute Gasteiger partial charge is 0.338 e. The highest BCUT2D eigenvalue weighted by molar-refractivity contribution is 6.06. The summed E-state index contributed by atoms with van der Waals surface area (Å²) in [4.78, 5) is 22.2. The monoisotopic (exact) mass is 400 g/mol. The molecule has 0 spiro atoms. The first kappa shape index (κ1) is 19.2. The standard InChI is InChI=1S/C25H28N4O/c26-23(18-6-2-1-3-7-18)11-13-28-14-19-16-29(17-20(19)15-28)25(30)22-10-12-27-24-9-5-4-8-21(22)24/h1-10,12,19-20,23H,11,13-17,26H2/t19?,20?,23-/m0/s1. The van der Waals surface area contributed by atoms with Crippen LogP contribution in [0.25, 0.3) is 10.9 Å². The molecule has 0 saturated carbocycles. The second kappa shape index (κ2) is 8.17. The molecule has 3 aromatic rings. The molecule has 2 unspecified atom stereocenters. The predicted octanol–water partition coefficient (Wildman–Crippen LogP) is 3.33. The number of hydrogen-bond donors (Lipinski definition) is 1. The van der Waals surface area contributed by atoms with Crippen LogP contribution < -0.4 is 5.73 Å². The van der Waals surface area contributed by atoms with Crippen LogP contribution in [0.5, 0.6) is 0 Å². The van der Waals surface area contributed by atoms with Crippen molar-refractivity contribution in [3.63, 3.8) is 0 Å². The number of benzene rings is 2. The van der Waals surface area contributed by atoms with Gasteiger partial charge in [0.05, 0.1) is 11.1 Å². The fourth-order valence-electron chi connectivity index (χ4n) is 5.08. The van der Waals surface area contributed by atoms with E-state index in [-0.39, 0.29) is 11.9 Å². The summed E-state index contributed by atoms with van der Waals surface area (Å²) in [5, 5.41) is 0.943. The number of para-hydroxylation sites is 1. The number of amides is 1. The zero-order chi connectivity index (χ0) is 20.5. The lowest BCUT2D eigenvalue weighted by Gasteiger charge is -2.23. The van der Waals surface area contributed by atoms with Gasteiger partial charge in [-0.2, -0.15) is 0 Å². The maximum absolute atomic E-state index is 13.2. The van der Waals surface area contributed by atoms with Gasteiger partial charge in [0.15, 0.2) is 0 Å². The molecule has 1 amide bonds. The lowest BCUT2D eigenvalue weighted by Crippen LogP contribution is -2.34. The average molecular weight is 401 g/mol. The molecule has 154 valence electrons. The Morgan fingerprint density at radius 2 is 1.67 bits per heavy atom. The van der Waals surface area contributed by atoms with Crippen LogP contribution in [-0.2, 0) is 0 Å². The van der Waals surface area contributed by atoms with E-state index in [0.717, 1.165) is 55.6 Å². The molecule has 3 atom stereocenters. The molecular weight excluding hydrogens is 372 g/mol. The number of hydrogen-bond acceptors (Lipinski definition) is 4. The number of carbonyl (C=O) groups is 1. The molecule has 5 rings (SSSR count). The lowest BCUT2D eigenvalue weighted by molar-refractivity contribution is 0.0776. The van der Waals surface area contributed by atoms with Crippen molar-refractivity contribution in [1.29, 1.82) is 0 Å². The highest BCUT2D eigenvalue weighted by atomic mass is 16.2. The molecule has 0 bridgehead atoms. The molecule has 0 radical (unpaired) electrons. The van der Waals surface area contributed by atoms with E-state index < -0.39 is 0 Å². The maximum Gasteiger partial charge on any atom is 0.254 e. The molecule has 5 nitrogen and oxygen atoms in total. The predicted molar refractivity (Wildman–Crippen MR) is 119 cm³/mol. The van der Waals surface area contributed by atoms with Crippen LogP contribution >= 0.6 is 0 Å². The Morgan fingerprint density at radius 3 is 2.43 bits per heavy atom. The molecule has 2 aliphatic rings. The van der Waals surface area contributed by atoms with E-state index in [1.165, 1.54) is 5.56 Å². The first-order valence-electron chi connectivity index (χ1n) is 10.8. The number of pyridine rings is 1. The van der Waals surface area contributed by atoms with E-state index in [1.54, 1.807) is 6.20 Å². The SMILES string of the molecule is N[C@@H](CCN1CC2CN(C(=O)c3ccnc4ccccc34)CC2C1)c1ccccc1. The first-order chi connectivity index (χ1) is 14.7. The normalized spacial score (nSPS) is 22.4. The zero-order valence-electron chi connectivity index (χ0n) is 17.2. The van der Waals surface area contributed by atoms with Crippen molar-refractivity contribution in [1.82, 2.24) is 14.8 Å². The van der Waals surface area contributed by atoms with Gasteiger partial charge in [0, 0.05) is 43.8 Å². The van der Waals surface area contributed by atoms with Gasteiger partial charge in [-0.25, -0.2) is 0 Å². The van der Waals surface area contributed by atoms with Crippen molar-refractivity contribution in [2.45, 2.75) is 12.5 Å². The minimum atomic E-state index is 0.0877. The summed E-state index contributed by atoms with van der Waals surface area (Å²) in [6.07, 6.45) is 2.71. The molecule has 2 N–H and O–H groups in total. The van der Waals surface area contributed by atoms with Crippen molar-refractivity contribution in [2.75, 3.05) is 32.7 Å². The number of nitrogens with two attached hydrogens (primary N) is 1. The number of likely N-dealkylation sites (tertiary alicyclic amines) is 2. The molecule has 2 aromatic carbocycles. The molecule has 3 heterocycles. The van der Waals surface area contributed by atoms with Crippen LogP contribution in [0.4, 0.5) is 0 Å². The first-order valence-corrected chi connectivity index (χ1v) is 10.8. The van der Waals surface area contributed by atoms with Crippen molar-refractivity contribution in [3.05, 3.63) is 78.0 Å². The minimum absolute atomic E-state index is 0.0877. The van der Waals surface area contributed by atoms with E-state index in [2.05, 4.69) is 22.0 Å². The topological polar surface area (TPSA) is 62.5 Å². The van der Waals surface area contributed by atoms with E-state index in [9.17, 15) is 4.79 Å². The smallest absolute Gasteiger partial charge is 0.254 e. The maximum atomic E-state index is 13.2. The molecule has 5 heteroatoms. The Labute approximate surface area is 177 Å². The van der Waals surface area contributed by atoms with Crippen LogP contribution in [0.15, 0.2) is 66.9 Å². The summed E-state index contributed by atoms with van der Waals surface area (Å²) in [7, 11) is 0. The summed E-state index contributed by atoms with van der Waals surface area (Å²) in [6.45, 7) is 4.84. The third-order valence-corrected chi connectivity index (χ3v) is 6.71. The van der Waals surface area contributed by atoms with Crippen LogP contribution in [0, 0.1) is 11.8 Å². The van der Waals surface area contributed by atoms with Crippen LogP contribution in [-0.4, -0.2) is 53.4 Å². The van der Waals surface area contributed by atoms with Gasteiger partial charge in [-0.1, -0.05) is 48.5 Å². The Morgan fingerprint density at radius 1 is 0.967 bits per heavy atom. The molecule has 2 saturated heterocycles. The van der Waals surface area contributed by atoms with Crippen molar-refractivity contribution < 1.29 is 4.79 Å². The fraction of sp³-hybridized carbons (Fsp3) is 0.360. The van der Waals surface area contributed by atoms with Gasteiger partial charge in [0.2, 0.25) is 0 Å². The summed E-state index contributed by atoms with van der Waals surface area (Å²) >= 11 is 0. The lowest BCUT2D eigenvalue weighted by atomic mass is 10.0. The molecule has 2 aliphatic heterocycles. The van der Waals surface area contributed by atoms with Gasteiger partial charge in [-0.05, 0) is 42.5 Å². The Hall–Kier alpha value is -2.76. The minimum Gasteiger partial charge on any atom is -0.338 e. The van der Waals surface area contributed by atoms with E-state index >= 15 is 0 Å². The second-order valence-corrected chi connectivity index (χ2v) is 8.67. The summed E-state index contributed by atoms with van der Waals surface area (Å²) in [6, 6.07) is 20.2. The van der Waals surface area contributed by atoms with Crippen molar-refractivity contribution in [2.24, 2.45) is 17.6 Å². The van der Waals surface area contributed by atoms with Gasteiger partial charge >= 0.3 is 0 Å². The summed E-state index contributed by atoms with van der Waals surface area (Å²) in [5.41, 5.74) is 9.23. The Balaban J connectivity index is 1.18. The average Bonchev–Trinajstić information content (AvgIpc) is 3.36. The van der Waals surface area contributed by atoms with Gasteiger partial charge < -0.3 is 15.5 Å². The summed E-state index contributed by atoms with van der Waals surface area (Å²) in [5.74, 6) is 1.27. The van der Waals surface area contributed by atoms with Crippen LogP contribution in [0.3, 0.4) is 0 Å². The quantitative estimate of drug-likeness (QED) is 0.714. The van der Waals surface area contributed by atoms with E-state index in [4.69, 9.17) is 5.73 Å². The number of nitrogens with zero attached hydrogens (tertiary/aromatic N) is 3. The van der Waals surface area contributed by atoms with E-state index in [1.807, 2.05) is 53.4 Å². The number of fused-ring (bicyclic) bond motifs is 2. The molecule has 2 fully saturated rings. The van der Waals surface area contributed by atoms with Gasteiger partial charge in [-0.15, -0.1) is 0 Å². The number of rotatable bonds is 5.